The molecule has 3 heterocycles. The van der Waals surface area contributed by atoms with Crippen molar-refractivity contribution in [2.45, 2.75) is 25.3 Å². The summed E-state index contributed by atoms with van der Waals surface area (Å²) >= 11 is 2.79. The molecule has 2 aliphatic heterocycles. The largest absolute Gasteiger partial charge is 0.334 e. The summed E-state index contributed by atoms with van der Waals surface area (Å²) in [5, 5.41) is 17.6. The number of hydrogen-bond acceptors (Lipinski definition) is 8. The number of para-hydroxylation sites is 1. The third kappa shape index (κ3) is 3.76. The third-order valence-electron chi connectivity index (χ3n) is 5.83. The SMILES string of the molecule is C=CCn1c(=C2C(=O)N(c3cccc([N+](=O)[O-])c3)N=C2C)sc(=C2Sc3ccccc3N2CC)c1=O. The van der Waals surface area contributed by atoms with Crippen molar-refractivity contribution in [3.63, 3.8) is 0 Å². The Kier molecular flexibility index (Phi) is 6.10. The summed E-state index contributed by atoms with van der Waals surface area (Å²) in [6, 6.07) is 13.7. The third-order valence-corrected chi connectivity index (χ3v) is 8.33. The molecule has 182 valence electrons. The van der Waals surface area contributed by atoms with Gasteiger partial charge in [-0.2, -0.15) is 10.1 Å². The first-order valence-electron chi connectivity index (χ1n) is 11.1. The zero-order chi connectivity index (χ0) is 25.6. The van der Waals surface area contributed by atoms with Gasteiger partial charge in [-0.1, -0.05) is 36.0 Å². The number of allylic oxidation sites excluding steroid dienone is 1. The molecule has 0 atom stereocenters. The topological polar surface area (TPSA) is 101 Å². The van der Waals surface area contributed by atoms with Crippen LogP contribution in [0.1, 0.15) is 13.8 Å². The van der Waals surface area contributed by atoms with Crippen molar-refractivity contribution >= 4 is 62.4 Å². The van der Waals surface area contributed by atoms with E-state index in [2.05, 4.69) is 16.6 Å². The van der Waals surface area contributed by atoms with Crippen LogP contribution in [0, 0.1) is 10.1 Å². The maximum absolute atomic E-state index is 13.6. The first-order chi connectivity index (χ1) is 17.3. The van der Waals surface area contributed by atoms with Crippen LogP contribution in [0.5, 0.6) is 0 Å². The number of aromatic nitrogens is 1. The minimum Gasteiger partial charge on any atom is -0.334 e. The van der Waals surface area contributed by atoms with Gasteiger partial charge in [-0.15, -0.1) is 17.9 Å². The first-order valence-corrected chi connectivity index (χ1v) is 12.8. The Hall–Kier alpha value is -3.96. The molecule has 0 fully saturated rings. The average Bonchev–Trinajstić information content (AvgIpc) is 3.50. The van der Waals surface area contributed by atoms with E-state index in [0.717, 1.165) is 20.6 Å². The van der Waals surface area contributed by atoms with Gasteiger partial charge in [0.05, 0.1) is 27.6 Å². The van der Waals surface area contributed by atoms with E-state index < -0.39 is 10.8 Å². The maximum atomic E-state index is 13.6. The van der Waals surface area contributed by atoms with Crippen LogP contribution in [0.2, 0.25) is 0 Å². The van der Waals surface area contributed by atoms with E-state index in [1.165, 1.54) is 41.3 Å². The van der Waals surface area contributed by atoms with E-state index in [0.29, 0.717) is 27.0 Å². The van der Waals surface area contributed by atoms with Crippen molar-refractivity contribution in [1.82, 2.24) is 4.57 Å². The summed E-state index contributed by atoms with van der Waals surface area (Å²) in [6.07, 6.45) is 1.62. The second-order valence-corrected chi connectivity index (χ2v) is 10.0. The van der Waals surface area contributed by atoms with Gasteiger partial charge < -0.3 is 4.90 Å². The molecule has 2 aromatic carbocycles. The van der Waals surface area contributed by atoms with Crippen molar-refractivity contribution < 1.29 is 9.72 Å². The van der Waals surface area contributed by atoms with E-state index in [1.807, 2.05) is 31.2 Å². The van der Waals surface area contributed by atoms with E-state index in [-0.39, 0.29) is 23.5 Å². The van der Waals surface area contributed by atoms with Gasteiger partial charge in [0.1, 0.15) is 14.2 Å². The Morgan fingerprint density at radius 3 is 2.67 bits per heavy atom. The van der Waals surface area contributed by atoms with Gasteiger partial charge in [-0.25, -0.2) is 0 Å². The highest BCUT2D eigenvalue weighted by Crippen LogP contribution is 2.45. The summed E-state index contributed by atoms with van der Waals surface area (Å²) in [6.45, 7) is 8.42. The van der Waals surface area contributed by atoms with Gasteiger partial charge in [0.15, 0.2) is 0 Å². The molecule has 0 bridgehead atoms. The summed E-state index contributed by atoms with van der Waals surface area (Å²) < 4.78 is 2.56. The molecule has 1 amide bonds. The highest BCUT2D eigenvalue weighted by atomic mass is 32.2. The molecule has 0 spiro atoms. The van der Waals surface area contributed by atoms with Gasteiger partial charge >= 0.3 is 0 Å². The second-order valence-electron chi connectivity index (χ2n) is 8.01. The van der Waals surface area contributed by atoms with Crippen LogP contribution < -0.4 is 24.7 Å². The smallest absolute Gasteiger partial charge is 0.283 e. The maximum Gasteiger partial charge on any atom is 0.283 e. The highest BCUT2D eigenvalue weighted by molar-refractivity contribution is 8.08. The average molecular weight is 520 g/mol. The molecule has 3 aromatic rings. The van der Waals surface area contributed by atoms with Crippen molar-refractivity contribution in [3.05, 3.63) is 90.8 Å². The number of anilines is 2. The number of thioether (sulfide) groups is 1. The quantitative estimate of drug-likeness (QED) is 0.291. The van der Waals surface area contributed by atoms with Crippen LogP contribution >= 0.6 is 23.1 Å². The summed E-state index contributed by atoms with van der Waals surface area (Å²) in [5.74, 6) is -0.446. The lowest BCUT2D eigenvalue weighted by molar-refractivity contribution is -0.384. The number of nitrogens with zero attached hydrogens (tertiary/aromatic N) is 5. The zero-order valence-corrected chi connectivity index (χ0v) is 21.1. The molecular weight excluding hydrogens is 498 g/mol. The molecule has 0 aliphatic carbocycles. The van der Waals surface area contributed by atoms with Gasteiger partial charge in [0.25, 0.3) is 17.2 Å². The van der Waals surface area contributed by atoms with Crippen LogP contribution in [0.25, 0.3) is 10.6 Å². The number of amides is 1. The summed E-state index contributed by atoms with van der Waals surface area (Å²) in [5.41, 5.74) is 1.70. The monoisotopic (exact) mass is 519 g/mol. The lowest BCUT2D eigenvalue weighted by Crippen LogP contribution is -2.35. The predicted octanol–water partition coefficient (Wildman–Crippen LogP) is 3.28. The number of nitro benzene ring substituents is 1. The molecule has 0 unspecified atom stereocenters. The number of benzene rings is 2. The molecule has 0 saturated heterocycles. The molecule has 0 saturated carbocycles. The number of fused-ring (bicyclic) bond motifs is 1. The van der Waals surface area contributed by atoms with Crippen LogP contribution in [0.15, 0.2) is 76.0 Å². The molecular formula is C25H21N5O4S2. The Bertz CT molecular complexity index is 1650. The second kappa shape index (κ2) is 9.25. The first kappa shape index (κ1) is 23.8. The van der Waals surface area contributed by atoms with Crippen molar-refractivity contribution in [1.29, 1.82) is 0 Å². The van der Waals surface area contributed by atoms with Crippen LogP contribution in [0.4, 0.5) is 17.1 Å². The number of thiazole rings is 1. The fraction of sp³-hybridized carbons (Fsp3) is 0.160. The number of non-ortho nitro benzene ring substituents is 1. The molecule has 2 aliphatic rings. The molecule has 1 aromatic heterocycles. The van der Waals surface area contributed by atoms with Crippen LogP contribution in [-0.2, 0) is 11.3 Å². The number of nitro groups is 1. The van der Waals surface area contributed by atoms with E-state index in [4.69, 9.17) is 0 Å². The molecule has 0 N–H and O–H groups in total. The molecule has 11 heteroatoms. The van der Waals surface area contributed by atoms with E-state index in [1.54, 1.807) is 23.6 Å². The van der Waals surface area contributed by atoms with E-state index >= 15 is 0 Å². The normalized spacial score (nSPS) is 17.9. The number of carbonyl (C=O) groups is 1. The van der Waals surface area contributed by atoms with Gasteiger partial charge in [0, 0.05) is 30.1 Å². The molecule has 0 radical (unpaired) electrons. The standard InChI is InChI=1S/C25H21N5O4S2/c1-4-13-28-23(32)21(25-27(5-2)18-11-6-7-12-19(18)35-25)36-24(28)20-15(3)26-29(22(20)31)16-9-8-10-17(14-16)30(33)34/h4,6-12,14H,1,5,13H2,2-3H3. The molecule has 5 rings (SSSR count). The summed E-state index contributed by atoms with van der Waals surface area (Å²) in [7, 11) is 0. The predicted molar refractivity (Wildman–Crippen MR) is 144 cm³/mol. The van der Waals surface area contributed by atoms with Gasteiger partial charge in [0.2, 0.25) is 0 Å². The van der Waals surface area contributed by atoms with Crippen molar-refractivity contribution in [2.75, 3.05) is 16.5 Å². The fourth-order valence-electron chi connectivity index (χ4n) is 4.21. The number of hydrazone groups is 1. The highest BCUT2D eigenvalue weighted by Gasteiger charge is 2.33. The zero-order valence-electron chi connectivity index (χ0n) is 19.5. The van der Waals surface area contributed by atoms with Gasteiger partial charge in [-0.3, -0.25) is 24.3 Å². The van der Waals surface area contributed by atoms with Crippen LogP contribution in [-0.4, -0.2) is 27.7 Å². The van der Waals surface area contributed by atoms with Gasteiger partial charge in [-0.05, 0) is 32.0 Å². The van der Waals surface area contributed by atoms with Crippen molar-refractivity contribution in [3.8, 4) is 0 Å². The Balaban J connectivity index is 1.72. The minimum absolute atomic E-state index is 0.141. The minimum atomic E-state index is -0.521. The summed E-state index contributed by atoms with van der Waals surface area (Å²) in [4.78, 5) is 41.0. The number of rotatable bonds is 5. The Labute approximate surface area is 214 Å². The lowest BCUT2D eigenvalue weighted by Gasteiger charge is -2.16. The number of carbonyl (C=O) groups excluding carboxylic acids is 1. The van der Waals surface area contributed by atoms with Crippen molar-refractivity contribution in [2.24, 2.45) is 5.10 Å². The van der Waals surface area contributed by atoms with E-state index in [9.17, 15) is 19.7 Å². The Morgan fingerprint density at radius 2 is 1.94 bits per heavy atom. The molecule has 36 heavy (non-hydrogen) atoms. The molecule has 9 nitrogen and oxygen atoms in total. The number of hydrogen-bond donors (Lipinski definition) is 0. The van der Waals surface area contributed by atoms with Crippen LogP contribution in [0.3, 0.4) is 0 Å². The Morgan fingerprint density at radius 1 is 1.17 bits per heavy atom. The fourth-order valence-corrected chi connectivity index (χ4v) is 6.81. The lowest BCUT2D eigenvalue weighted by atomic mass is 10.2.